The molecule has 6 heteroatoms. The van der Waals surface area contributed by atoms with E-state index in [2.05, 4.69) is 22.7 Å². The molecule has 0 spiro atoms. The largest absolute Gasteiger partial charge is 0.351 e. The molecule has 28 heavy (non-hydrogen) atoms. The van der Waals surface area contributed by atoms with E-state index in [-0.39, 0.29) is 23.3 Å². The number of nitrogens with one attached hydrogen (secondary N) is 2. The minimum Gasteiger partial charge on any atom is -0.351 e. The normalized spacial score (nSPS) is 20.4. The Kier molecular flexibility index (Phi) is 5.20. The predicted molar refractivity (Wildman–Crippen MR) is 107 cm³/mol. The zero-order valence-electron chi connectivity index (χ0n) is 16.4. The van der Waals surface area contributed by atoms with Crippen molar-refractivity contribution in [3.05, 3.63) is 53.3 Å². The summed E-state index contributed by atoms with van der Waals surface area (Å²) in [5, 5.41) is 10.6. The first-order valence-electron chi connectivity index (χ1n) is 10.2. The minimum absolute atomic E-state index is 0.0650. The Morgan fingerprint density at radius 1 is 1.18 bits per heavy atom. The topological polar surface area (TPSA) is 76.0 Å². The summed E-state index contributed by atoms with van der Waals surface area (Å²) >= 11 is 0. The predicted octanol–water partition coefficient (Wildman–Crippen LogP) is 2.82. The van der Waals surface area contributed by atoms with Crippen LogP contribution in [0.15, 0.2) is 36.4 Å². The van der Waals surface area contributed by atoms with Crippen molar-refractivity contribution in [1.29, 1.82) is 0 Å². The van der Waals surface area contributed by atoms with Crippen LogP contribution in [0, 0.1) is 5.41 Å². The summed E-state index contributed by atoms with van der Waals surface area (Å²) in [5.74, 6) is 0.00448. The number of amides is 2. The van der Waals surface area contributed by atoms with Crippen molar-refractivity contribution in [1.82, 2.24) is 20.4 Å². The molecule has 2 N–H and O–H groups in total. The Morgan fingerprint density at radius 2 is 1.93 bits per heavy atom. The molecule has 1 saturated carbocycles. The molecule has 1 aromatic heterocycles. The fourth-order valence-corrected chi connectivity index (χ4v) is 4.30. The summed E-state index contributed by atoms with van der Waals surface area (Å²) < 4.78 is 1.85. The van der Waals surface area contributed by atoms with Crippen LogP contribution >= 0.6 is 0 Å². The fraction of sp³-hybridized carbons (Fsp3) is 0.500. The summed E-state index contributed by atoms with van der Waals surface area (Å²) in [6.45, 7) is 3.20. The third kappa shape index (κ3) is 3.96. The maximum absolute atomic E-state index is 12.7. The van der Waals surface area contributed by atoms with E-state index >= 15 is 0 Å². The van der Waals surface area contributed by atoms with Crippen LogP contribution in [0.5, 0.6) is 0 Å². The first-order valence-corrected chi connectivity index (χ1v) is 10.2. The minimum atomic E-state index is -0.231. The number of benzene rings is 1. The Hall–Kier alpha value is -2.63. The molecular weight excluding hydrogens is 352 g/mol. The molecule has 0 saturated heterocycles. The van der Waals surface area contributed by atoms with E-state index in [0.29, 0.717) is 18.8 Å². The molecule has 148 valence electrons. The number of aromatic nitrogens is 2. The average Bonchev–Trinajstić information content (AvgIpc) is 3.26. The lowest BCUT2D eigenvalue weighted by molar-refractivity contribution is -0.132. The van der Waals surface area contributed by atoms with Gasteiger partial charge in [-0.3, -0.25) is 14.3 Å². The van der Waals surface area contributed by atoms with E-state index < -0.39 is 0 Å². The average molecular weight is 380 g/mol. The standard InChI is InChI=1S/C22H28N4O2/c1-22(10-6-3-7-11-22)21(28)24-17-12-18-13-19(25-26(18)15-17)20(27)23-14-16-8-4-2-5-9-16/h2,4-5,8-9,13,17H,3,6-7,10-12,14-15H2,1H3,(H,23,27)(H,24,28)/t17-/m0/s1. The van der Waals surface area contributed by atoms with Crippen LogP contribution < -0.4 is 10.6 Å². The molecule has 2 aromatic rings. The highest BCUT2D eigenvalue weighted by atomic mass is 16.2. The van der Waals surface area contributed by atoms with Gasteiger partial charge in [-0.15, -0.1) is 0 Å². The van der Waals surface area contributed by atoms with Gasteiger partial charge in [0.2, 0.25) is 5.91 Å². The van der Waals surface area contributed by atoms with Crippen LogP contribution in [-0.4, -0.2) is 27.6 Å². The van der Waals surface area contributed by atoms with E-state index in [4.69, 9.17) is 0 Å². The molecule has 1 fully saturated rings. The number of carbonyl (C=O) groups excluding carboxylic acids is 2. The van der Waals surface area contributed by atoms with E-state index in [0.717, 1.165) is 43.4 Å². The number of rotatable bonds is 5. The molecule has 1 atom stereocenters. The molecule has 1 aliphatic heterocycles. The zero-order valence-corrected chi connectivity index (χ0v) is 16.4. The van der Waals surface area contributed by atoms with Crippen molar-refractivity contribution >= 4 is 11.8 Å². The van der Waals surface area contributed by atoms with Gasteiger partial charge in [0, 0.05) is 24.1 Å². The third-order valence-electron chi connectivity index (χ3n) is 6.08. The summed E-state index contributed by atoms with van der Waals surface area (Å²) in [5.41, 5.74) is 2.27. The van der Waals surface area contributed by atoms with Gasteiger partial charge in [-0.2, -0.15) is 5.10 Å². The number of nitrogens with zero attached hydrogens (tertiary/aromatic N) is 2. The van der Waals surface area contributed by atoms with Crippen molar-refractivity contribution in [3.8, 4) is 0 Å². The highest BCUT2D eigenvalue weighted by molar-refractivity contribution is 5.92. The van der Waals surface area contributed by atoms with E-state index in [1.54, 1.807) is 0 Å². The summed E-state index contributed by atoms with van der Waals surface area (Å²) in [4.78, 5) is 25.1. The lowest BCUT2D eigenvalue weighted by Gasteiger charge is -2.33. The van der Waals surface area contributed by atoms with Crippen LogP contribution in [0.1, 0.15) is 60.8 Å². The van der Waals surface area contributed by atoms with Gasteiger partial charge in [-0.05, 0) is 24.5 Å². The van der Waals surface area contributed by atoms with E-state index in [1.807, 2.05) is 41.1 Å². The van der Waals surface area contributed by atoms with Gasteiger partial charge in [0.25, 0.3) is 5.91 Å². The number of fused-ring (bicyclic) bond motifs is 1. The summed E-state index contributed by atoms with van der Waals surface area (Å²) in [6.07, 6.45) is 6.18. The van der Waals surface area contributed by atoms with Crippen LogP contribution in [-0.2, 0) is 24.3 Å². The van der Waals surface area contributed by atoms with Gasteiger partial charge < -0.3 is 10.6 Å². The molecule has 2 amide bonds. The second kappa shape index (κ2) is 7.78. The van der Waals surface area contributed by atoms with Crippen molar-refractivity contribution < 1.29 is 9.59 Å². The molecule has 2 heterocycles. The zero-order chi connectivity index (χ0) is 19.6. The van der Waals surface area contributed by atoms with E-state index in [1.165, 1.54) is 6.42 Å². The quantitative estimate of drug-likeness (QED) is 0.837. The Balaban J connectivity index is 1.31. The van der Waals surface area contributed by atoms with Crippen LogP contribution in [0.4, 0.5) is 0 Å². The molecule has 1 aromatic carbocycles. The van der Waals surface area contributed by atoms with Crippen LogP contribution in [0.3, 0.4) is 0 Å². The monoisotopic (exact) mass is 380 g/mol. The van der Waals surface area contributed by atoms with Crippen LogP contribution in [0.2, 0.25) is 0 Å². The second-order valence-electron chi connectivity index (χ2n) is 8.37. The molecule has 0 radical (unpaired) electrons. The van der Waals surface area contributed by atoms with Gasteiger partial charge in [0.15, 0.2) is 0 Å². The highest BCUT2D eigenvalue weighted by Crippen LogP contribution is 2.36. The first-order chi connectivity index (χ1) is 13.5. The van der Waals surface area contributed by atoms with Crippen molar-refractivity contribution in [2.24, 2.45) is 5.41 Å². The number of hydrogen-bond donors (Lipinski definition) is 2. The number of carbonyl (C=O) groups is 2. The number of hydrogen-bond acceptors (Lipinski definition) is 3. The van der Waals surface area contributed by atoms with Gasteiger partial charge in [-0.25, -0.2) is 0 Å². The van der Waals surface area contributed by atoms with Gasteiger partial charge in [-0.1, -0.05) is 56.5 Å². The van der Waals surface area contributed by atoms with Crippen LogP contribution in [0.25, 0.3) is 0 Å². The maximum atomic E-state index is 12.7. The smallest absolute Gasteiger partial charge is 0.272 e. The Labute approximate surface area is 165 Å². The maximum Gasteiger partial charge on any atom is 0.272 e. The lowest BCUT2D eigenvalue weighted by atomic mass is 9.75. The van der Waals surface area contributed by atoms with Gasteiger partial charge in [0.05, 0.1) is 12.6 Å². The van der Waals surface area contributed by atoms with Crippen molar-refractivity contribution in [2.75, 3.05) is 0 Å². The second-order valence-corrected chi connectivity index (χ2v) is 8.37. The fourth-order valence-electron chi connectivity index (χ4n) is 4.30. The van der Waals surface area contributed by atoms with Gasteiger partial charge in [0.1, 0.15) is 5.69 Å². The van der Waals surface area contributed by atoms with Crippen molar-refractivity contribution in [2.45, 2.75) is 64.6 Å². The Morgan fingerprint density at radius 3 is 2.64 bits per heavy atom. The Bertz CT molecular complexity index is 829. The molecular formula is C22H28N4O2. The lowest BCUT2D eigenvalue weighted by Crippen LogP contribution is -2.45. The summed E-state index contributed by atoms with van der Waals surface area (Å²) in [6, 6.07) is 11.7. The van der Waals surface area contributed by atoms with E-state index in [9.17, 15) is 9.59 Å². The third-order valence-corrected chi connectivity index (χ3v) is 6.08. The molecule has 0 unspecified atom stereocenters. The first kappa shape index (κ1) is 18.7. The van der Waals surface area contributed by atoms with Gasteiger partial charge >= 0.3 is 0 Å². The molecule has 4 rings (SSSR count). The summed E-state index contributed by atoms with van der Waals surface area (Å²) in [7, 11) is 0. The van der Waals surface area contributed by atoms with Crippen molar-refractivity contribution in [3.63, 3.8) is 0 Å². The highest BCUT2D eigenvalue weighted by Gasteiger charge is 2.36. The molecule has 0 bridgehead atoms. The molecule has 6 nitrogen and oxygen atoms in total. The SMILES string of the molecule is CC1(C(=O)N[C@H]2Cc3cc(C(=O)NCc4ccccc4)nn3C2)CCCCC1. The molecule has 2 aliphatic rings. The molecule has 1 aliphatic carbocycles.